The summed E-state index contributed by atoms with van der Waals surface area (Å²) in [5.74, 6) is 0. The summed E-state index contributed by atoms with van der Waals surface area (Å²) in [4.78, 5) is 0. The van der Waals surface area contributed by atoms with Crippen LogP contribution < -0.4 is 0 Å². The van der Waals surface area contributed by atoms with Crippen molar-refractivity contribution in [2.45, 2.75) is 59.3 Å². The third-order valence-electron chi connectivity index (χ3n) is 4.85. The van der Waals surface area contributed by atoms with E-state index in [0.717, 1.165) is 0 Å². The molecule has 0 bridgehead atoms. The summed E-state index contributed by atoms with van der Waals surface area (Å²) >= 11 is 0. The zero-order chi connectivity index (χ0) is 10.9. The van der Waals surface area contributed by atoms with Crippen LogP contribution in [0.1, 0.15) is 59.3 Å². The molecule has 1 saturated carbocycles. The lowest BCUT2D eigenvalue weighted by Crippen LogP contribution is -2.38. The van der Waals surface area contributed by atoms with Crippen molar-refractivity contribution in [1.82, 2.24) is 0 Å². The summed E-state index contributed by atoms with van der Waals surface area (Å²) in [5, 5.41) is 0. The van der Waals surface area contributed by atoms with Gasteiger partial charge in [0, 0.05) is 5.41 Å². The van der Waals surface area contributed by atoms with Crippen LogP contribution in [0.5, 0.6) is 0 Å². The van der Waals surface area contributed by atoms with Crippen LogP contribution in [0.15, 0.2) is 23.8 Å². The maximum absolute atomic E-state index is 2.50. The molecule has 0 aromatic heterocycles. The van der Waals surface area contributed by atoms with E-state index in [0.29, 0.717) is 10.8 Å². The van der Waals surface area contributed by atoms with Gasteiger partial charge in [-0.2, -0.15) is 0 Å². The quantitative estimate of drug-likeness (QED) is 0.602. The Morgan fingerprint density at radius 2 is 1.87 bits per heavy atom. The normalized spacial score (nSPS) is 34.2. The predicted octanol–water partition coefficient (Wildman–Crippen LogP) is 4.87. The van der Waals surface area contributed by atoms with E-state index in [-0.39, 0.29) is 0 Å². The molecule has 0 heteroatoms. The van der Waals surface area contributed by atoms with E-state index in [1.165, 1.54) is 44.1 Å². The standard InChI is InChI=1S/C15H24/c1-4-15(9-6-5-7-10-15)14(3)11-8-13(2)12-14/h8,11-12H,4-7,9-10H2,1-3H3. The number of allylic oxidation sites excluding steroid dienone is 4. The minimum absolute atomic E-state index is 0.340. The summed E-state index contributed by atoms with van der Waals surface area (Å²) in [6, 6.07) is 0. The zero-order valence-corrected chi connectivity index (χ0v) is 10.5. The molecule has 1 fully saturated rings. The highest BCUT2D eigenvalue weighted by Gasteiger charge is 2.45. The fourth-order valence-corrected chi connectivity index (χ4v) is 3.71. The smallest absolute Gasteiger partial charge is 0.00977 e. The van der Waals surface area contributed by atoms with Crippen LogP contribution in [0.3, 0.4) is 0 Å². The van der Waals surface area contributed by atoms with Gasteiger partial charge in [0.25, 0.3) is 0 Å². The second kappa shape index (κ2) is 3.81. The monoisotopic (exact) mass is 204 g/mol. The van der Waals surface area contributed by atoms with Gasteiger partial charge in [0.05, 0.1) is 0 Å². The van der Waals surface area contributed by atoms with Crippen LogP contribution in [0.25, 0.3) is 0 Å². The highest BCUT2D eigenvalue weighted by atomic mass is 14.5. The molecule has 0 aromatic rings. The van der Waals surface area contributed by atoms with Gasteiger partial charge in [-0.3, -0.25) is 0 Å². The van der Waals surface area contributed by atoms with Crippen LogP contribution in [0, 0.1) is 10.8 Å². The van der Waals surface area contributed by atoms with Gasteiger partial charge in [-0.1, -0.05) is 56.9 Å². The lowest BCUT2D eigenvalue weighted by molar-refractivity contribution is 0.0796. The Hall–Kier alpha value is -0.520. The second-order valence-electron chi connectivity index (χ2n) is 5.70. The minimum Gasteiger partial charge on any atom is -0.0740 e. The number of rotatable bonds is 2. The van der Waals surface area contributed by atoms with E-state index in [4.69, 9.17) is 0 Å². The summed E-state index contributed by atoms with van der Waals surface area (Å²) in [5.41, 5.74) is 2.35. The summed E-state index contributed by atoms with van der Waals surface area (Å²) < 4.78 is 0. The van der Waals surface area contributed by atoms with Crippen molar-refractivity contribution >= 4 is 0 Å². The third kappa shape index (κ3) is 1.68. The van der Waals surface area contributed by atoms with Gasteiger partial charge in [0.1, 0.15) is 0 Å². The fraction of sp³-hybridized carbons (Fsp3) is 0.733. The average Bonchev–Trinajstić information content (AvgIpc) is 2.61. The van der Waals surface area contributed by atoms with Gasteiger partial charge in [-0.25, -0.2) is 0 Å². The zero-order valence-electron chi connectivity index (χ0n) is 10.5. The molecule has 1 unspecified atom stereocenters. The Morgan fingerprint density at radius 3 is 2.33 bits per heavy atom. The molecule has 1 atom stereocenters. The molecule has 0 N–H and O–H groups in total. The molecule has 0 heterocycles. The molecular formula is C15H24. The topological polar surface area (TPSA) is 0 Å². The van der Waals surface area contributed by atoms with E-state index in [2.05, 4.69) is 39.0 Å². The first-order valence-electron chi connectivity index (χ1n) is 6.51. The molecule has 15 heavy (non-hydrogen) atoms. The van der Waals surface area contributed by atoms with Crippen molar-refractivity contribution in [3.05, 3.63) is 23.8 Å². The number of hydrogen-bond acceptors (Lipinski definition) is 0. The lowest BCUT2D eigenvalue weighted by Gasteiger charge is -2.47. The van der Waals surface area contributed by atoms with Crippen LogP contribution in [-0.2, 0) is 0 Å². The second-order valence-corrected chi connectivity index (χ2v) is 5.70. The van der Waals surface area contributed by atoms with Crippen LogP contribution in [-0.4, -0.2) is 0 Å². The molecule has 2 rings (SSSR count). The predicted molar refractivity (Wildman–Crippen MR) is 66.8 cm³/mol. The van der Waals surface area contributed by atoms with E-state index >= 15 is 0 Å². The van der Waals surface area contributed by atoms with Gasteiger partial charge in [0.15, 0.2) is 0 Å². The summed E-state index contributed by atoms with van der Waals surface area (Å²) in [7, 11) is 0. The molecule has 0 amide bonds. The highest BCUT2D eigenvalue weighted by molar-refractivity contribution is 5.34. The molecule has 0 aliphatic heterocycles. The number of hydrogen-bond donors (Lipinski definition) is 0. The van der Waals surface area contributed by atoms with Crippen molar-refractivity contribution in [1.29, 1.82) is 0 Å². The van der Waals surface area contributed by atoms with Gasteiger partial charge >= 0.3 is 0 Å². The van der Waals surface area contributed by atoms with Gasteiger partial charge < -0.3 is 0 Å². The Bertz CT molecular complexity index is 289. The largest absolute Gasteiger partial charge is 0.0740 e. The van der Waals surface area contributed by atoms with Crippen molar-refractivity contribution < 1.29 is 0 Å². The first-order valence-corrected chi connectivity index (χ1v) is 6.51. The van der Waals surface area contributed by atoms with E-state index in [1.807, 2.05) is 0 Å². The molecule has 2 aliphatic carbocycles. The molecular weight excluding hydrogens is 180 g/mol. The van der Waals surface area contributed by atoms with Crippen molar-refractivity contribution in [3.63, 3.8) is 0 Å². The Morgan fingerprint density at radius 1 is 1.20 bits per heavy atom. The van der Waals surface area contributed by atoms with Gasteiger partial charge in [0.2, 0.25) is 0 Å². The third-order valence-corrected chi connectivity index (χ3v) is 4.85. The molecule has 2 aliphatic rings. The maximum Gasteiger partial charge on any atom is 0.00977 e. The molecule has 0 saturated heterocycles. The van der Waals surface area contributed by atoms with Crippen LogP contribution >= 0.6 is 0 Å². The molecule has 0 radical (unpaired) electrons. The van der Waals surface area contributed by atoms with Crippen molar-refractivity contribution in [3.8, 4) is 0 Å². The Labute approximate surface area is 94.5 Å². The molecule has 0 aromatic carbocycles. The Kier molecular flexibility index (Phi) is 2.79. The highest BCUT2D eigenvalue weighted by Crippen LogP contribution is 2.55. The van der Waals surface area contributed by atoms with Crippen LogP contribution in [0.2, 0.25) is 0 Å². The summed E-state index contributed by atoms with van der Waals surface area (Å²) in [6.07, 6.45) is 15.8. The van der Waals surface area contributed by atoms with E-state index < -0.39 is 0 Å². The lowest BCUT2D eigenvalue weighted by atomic mass is 9.57. The average molecular weight is 204 g/mol. The van der Waals surface area contributed by atoms with Gasteiger partial charge in [-0.05, 0) is 31.6 Å². The van der Waals surface area contributed by atoms with Crippen LogP contribution in [0.4, 0.5) is 0 Å². The first kappa shape index (κ1) is 11.0. The van der Waals surface area contributed by atoms with Gasteiger partial charge in [-0.15, -0.1) is 0 Å². The van der Waals surface area contributed by atoms with Crippen molar-refractivity contribution in [2.24, 2.45) is 10.8 Å². The molecule has 0 spiro atoms. The first-order chi connectivity index (χ1) is 7.12. The van der Waals surface area contributed by atoms with E-state index in [9.17, 15) is 0 Å². The van der Waals surface area contributed by atoms with E-state index in [1.54, 1.807) is 0 Å². The summed E-state index contributed by atoms with van der Waals surface area (Å²) in [6.45, 7) is 7.05. The minimum atomic E-state index is 0.340. The maximum atomic E-state index is 2.50. The SMILES string of the molecule is CCC1(C2(C)C=CC(C)=C2)CCCCC1. The van der Waals surface area contributed by atoms with Crippen molar-refractivity contribution in [2.75, 3.05) is 0 Å². The molecule has 84 valence electrons. The fourth-order valence-electron chi connectivity index (χ4n) is 3.71. The molecule has 0 nitrogen and oxygen atoms in total. The Balaban J connectivity index is 2.29.